The summed E-state index contributed by atoms with van der Waals surface area (Å²) in [5.74, 6) is 0. The number of halogens is 1. The fourth-order valence-corrected chi connectivity index (χ4v) is 1.64. The van der Waals surface area contributed by atoms with Gasteiger partial charge in [-0.3, -0.25) is 4.98 Å². The highest BCUT2D eigenvalue weighted by Gasteiger charge is 2.03. The monoisotopic (exact) mass is 218 g/mol. The standard InChI is InChI=1S/C12H11ClN2/c1-2-9-7-14-6-5-11(9)10-3-4-12(13)15-8-10/h3-8H,2H2,1H3. The molecule has 2 aromatic heterocycles. The van der Waals surface area contributed by atoms with Crippen molar-refractivity contribution in [2.24, 2.45) is 0 Å². The Morgan fingerprint density at radius 2 is 2.07 bits per heavy atom. The number of hydrogen-bond acceptors (Lipinski definition) is 2. The number of nitrogens with zero attached hydrogens (tertiary/aromatic N) is 2. The Labute approximate surface area is 94.0 Å². The van der Waals surface area contributed by atoms with Gasteiger partial charge in [0.15, 0.2) is 0 Å². The third kappa shape index (κ3) is 2.16. The van der Waals surface area contributed by atoms with Crippen molar-refractivity contribution in [1.82, 2.24) is 9.97 Å². The molecule has 0 spiro atoms. The van der Waals surface area contributed by atoms with Crippen LogP contribution in [0.15, 0.2) is 36.8 Å². The van der Waals surface area contributed by atoms with Gasteiger partial charge in [-0.05, 0) is 35.7 Å². The van der Waals surface area contributed by atoms with E-state index in [0.29, 0.717) is 5.15 Å². The summed E-state index contributed by atoms with van der Waals surface area (Å²) in [6.07, 6.45) is 6.44. The predicted octanol–water partition coefficient (Wildman–Crippen LogP) is 3.36. The first-order valence-electron chi connectivity index (χ1n) is 4.86. The maximum atomic E-state index is 5.75. The van der Waals surface area contributed by atoms with E-state index in [1.54, 1.807) is 18.5 Å². The van der Waals surface area contributed by atoms with Crippen LogP contribution in [0.1, 0.15) is 12.5 Å². The first-order chi connectivity index (χ1) is 7.31. The SMILES string of the molecule is CCc1cnccc1-c1ccc(Cl)nc1. The summed E-state index contributed by atoms with van der Waals surface area (Å²) in [5, 5.41) is 0.519. The molecule has 0 radical (unpaired) electrons. The van der Waals surface area contributed by atoms with Gasteiger partial charge in [0, 0.05) is 24.2 Å². The zero-order chi connectivity index (χ0) is 10.7. The summed E-state index contributed by atoms with van der Waals surface area (Å²) in [5.41, 5.74) is 3.48. The first kappa shape index (κ1) is 10.1. The lowest BCUT2D eigenvalue weighted by molar-refractivity contribution is 1.10. The average molecular weight is 219 g/mol. The van der Waals surface area contributed by atoms with Gasteiger partial charge in [0.25, 0.3) is 0 Å². The van der Waals surface area contributed by atoms with Gasteiger partial charge in [0.2, 0.25) is 0 Å². The molecule has 0 N–H and O–H groups in total. The highest BCUT2D eigenvalue weighted by atomic mass is 35.5. The van der Waals surface area contributed by atoms with Crippen molar-refractivity contribution >= 4 is 11.6 Å². The number of rotatable bonds is 2. The molecule has 3 heteroatoms. The van der Waals surface area contributed by atoms with Gasteiger partial charge in [-0.25, -0.2) is 4.98 Å². The van der Waals surface area contributed by atoms with Crippen molar-refractivity contribution in [3.63, 3.8) is 0 Å². The molecule has 0 aliphatic carbocycles. The van der Waals surface area contributed by atoms with Crippen LogP contribution < -0.4 is 0 Å². The third-order valence-corrected chi connectivity index (χ3v) is 2.55. The minimum Gasteiger partial charge on any atom is -0.264 e. The van der Waals surface area contributed by atoms with E-state index in [1.165, 1.54) is 11.1 Å². The lowest BCUT2D eigenvalue weighted by atomic mass is 10.0. The smallest absolute Gasteiger partial charge is 0.129 e. The molecule has 0 saturated heterocycles. The normalized spacial score (nSPS) is 10.3. The zero-order valence-electron chi connectivity index (χ0n) is 8.44. The molecule has 0 aliphatic heterocycles. The van der Waals surface area contributed by atoms with Gasteiger partial charge in [0.05, 0.1) is 0 Å². The molecule has 0 unspecified atom stereocenters. The van der Waals surface area contributed by atoms with Gasteiger partial charge in [-0.2, -0.15) is 0 Å². The van der Waals surface area contributed by atoms with E-state index in [9.17, 15) is 0 Å². The van der Waals surface area contributed by atoms with Crippen LogP contribution in [0.25, 0.3) is 11.1 Å². The molecule has 0 aromatic carbocycles. The maximum Gasteiger partial charge on any atom is 0.129 e. The van der Waals surface area contributed by atoms with Crippen LogP contribution in [-0.4, -0.2) is 9.97 Å². The number of pyridine rings is 2. The van der Waals surface area contributed by atoms with Crippen LogP contribution >= 0.6 is 11.6 Å². The molecule has 76 valence electrons. The van der Waals surface area contributed by atoms with E-state index < -0.39 is 0 Å². The van der Waals surface area contributed by atoms with Crippen molar-refractivity contribution in [3.05, 3.63) is 47.5 Å². The Morgan fingerprint density at radius 3 is 2.73 bits per heavy atom. The minimum absolute atomic E-state index is 0.519. The molecule has 2 aromatic rings. The number of hydrogen-bond donors (Lipinski definition) is 0. The third-order valence-electron chi connectivity index (χ3n) is 2.32. The fraction of sp³-hybridized carbons (Fsp3) is 0.167. The summed E-state index contributed by atoms with van der Waals surface area (Å²) < 4.78 is 0. The van der Waals surface area contributed by atoms with E-state index in [2.05, 4.69) is 16.9 Å². The lowest BCUT2D eigenvalue weighted by Crippen LogP contribution is -1.89. The van der Waals surface area contributed by atoms with E-state index >= 15 is 0 Å². The van der Waals surface area contributed by atoms with Crippen LogP contribution in [0.3, 0.4) is 0 Å². The summed E-state index contributed by atoms with van der Waals surface area (Å²) >= 11 is 5.75. The Hall–Kier alpha value is -1.41. The van der Waals surface area contributed by atoms with Gasteiger partial charge in [0.1, 0.15) is 5.15 Å². The molecule has 0 atom stereocenters. The summed E-state index contributed by atoms with van der Waals surface area (Å²) in [4.78, 5) is 8.19. The van der Waals surface area contributed by atoms with Crippen LogP contribution in [-0.2, 0) is 6.42 Å². The molecule has 0 amide bonds. The number of aryl methyl sites for hydroxylation is 1. The molecule has 0 aliphatic rings. The molecule has 2 rings (SSSR count). The van der Waals surface area contributed by atoms with Crippen LogP contribution in [0.5, 0.6) is 0 Å². The van der Waals surface area contributed by atoms with Gasteiger partial charge in [-0.15, -0.1) is 0 Å². The molecule has 2 nitrogen and oxygen atoms in total. The second kappa shape index (κ2) is 4.41. The summed E-state index contributed by atoms with van der Waals surface area (Å²) in [6, 6.07) is 5.78. The molecule has 0 bridgehead atoms. The Morgan fingerprint density at radius 1 is 1.20 bits per heavy atom. The summed E-state index contributed by atoms with van der Waals surface area (Å²) in [6.45, 7) is 2.11. The number of aromatic nitrogens is 2. The topological polar surface area (TPSA) is 25.8 Å². The van der Waals surface area contributed by atoms with Crippen LogP contribution in [0.2, 0.25) is 5.15 Å². The first-order valence-corrected chi connectivity index (χ1v) is 5.24. The second-order valence-corrected chi connectivity index (χ2v) is 3.64. The molecule has 0 fully saturated rings. The maximum absolute atomic E-state index is 5.75. The molecular formula is C12H11ClN2. The Balaban J connectivity index is 2.49. The van der Waals surface area contributed by atoms with E-state index in [0.717, 1.165) is 12.0 Å². The predicted molar refractivity (Wildman–Crippen MR) is 61.9 cm³/mol. The second-order valence-electron chi connectivity index (χ2n) is 3.26. The quantitative estimate of drug-likeness (QED) is 0.723. The van der Waals surface area contributed by atoms with Crippen LogP contribution in [0, 0.1) is 0 Å². The van der Waals surface area contributed by atoms with Crippen molar-refractivity contribution in [2.45, 2.75) is 13.3 Å². The van der Waals surface area contributed by atoms with Crippen molar-refractivity contribution in [1.29, 1.82) is 0 Å². The van der Waals surface area contributed by atoms with Crippen molar-refractivity contribution in [2.75, 3.05) is 0 Å². The fourth-order valence-electron chi connectivity index (χ4n) is 1.53. The highest BCUT2D eigenvalue weighted by molar-refractivity contribution is 6.29. The van der Waals surface area contributed by atoms with E-state index in [1.807, 2.05) is 18.3 Å². The highest BCUT2D eigenvalue weighted by Crippen LogP contribution is 2.23. The van der Waals surface area contributed by atoms with Gasteiger partial charge < -0.3 is 0 Å². The molecule has 2 heterocycles. The van der Waals surface area contributed by atoms with Crippen LogP contribution in [0.4, 0.5) is 0 Å². The molecule has 15 heavy (non-hydrogen) atoms. The largest absolute Gasteiger partial charge is 0.264 e. The van der Waals surface area contributed by atoms with Crippen molar-refractivity contribution < 1.29 is 0 Å². The molecule has 0 saturated carbocycles. The Kier molecular flexibility index (Phi) is 2.97. The Bertz CT molecular complexity index is 451. The zero-order valence-corrected chi connectivity index (χ0v) is 9.20. The van der Waals surface area contributed by atoms with Crippen molar-refractivity contribution in [3.8, 4) is 11.1 Å². The van der Waals surface area contributed by atoms with E-state index in [-0.39, 0.29) is 0 Å². The lowest BCUT2D eigenvalue weighted by Gasteiger charge is -2.06. The summed E-state index contributed by atoms with van der Waals surface area (Å²) in [7, 11) is 0. The van der Waals surface area contributed by atoms with Gasteiger partial charge >= 0.3 is 0 Å². The van der Waals surface area contributed by atoms with E-state index in [4.69, 9.17) is 11.6 Å². The average Bonchev–Trinajstić information content (AvgIpc) is 2.30. The minimum atomic E-state index is 0.519. The molecular weight excluding hydrogens is 208 g/mol. The van der Waals surface area contributed by atoms with Gasteiger partial charge in [-0.1, -0.05) is 18.5 Å².